The van der Waals surface area contributed by atoms with Crippen molar-refractivity contribution >= 4 is 43.7 Å². The highest BCUT2D eigenvalue weighted by Crippen LogP contribution is 2.37. The molecular formula is C39H24N4O. The Morgan fingerprint density at radius 3 is 2.20 bits per heavy atom. The van der Waals surface area contributed by atoms with E-state index in [0.29, 0.717) is 33.2 Å². The molecule has 3 aromatic heterocycles. The van der Waals surface area contributed by atoms with E-state index in [9.17, 15) is 0 Å². The monoisotopic (exact) mass is 573 g/mol. The first-order valence-corrected chi connectivity index (χ1v) is 13.9. The van der Waals surface area contributed by atoms with E-state index in [1.807, 2.05) is 72.8 Å². The lowest BCUT2D eigenvalue weighted by Gasteiger charge is -2.11. The number of para-hydroxylation sites is 3. The molecule has 44 heavy (non-hydrogen) atoms. The van der Waals surface area contributed by atoms with Gasteiger partial charge < -0.3 is 4.42 Å². The van der Waals surface area contributed by atoms with Gasteiger partial charge in [0.1, 0.15) is 11.2 Å². The molecule has 5 nitrogen and oxygen atoms in total. The molecule has 0 radical (unpaired) electrons. The predicted molar refractivity (Wildman–Crippen MR) is 178 cm³/mol. The predicted octanol–water partition coefficient (Wildman–Crippen LogP) is 9.87. The maximum absolute atomic E-state index is 9.09. The van der Waals surface area contributed by atoms with Gasteiger partial charge in [0, 0.05) is 27.1 Å². The van der Waals surface area contributed by atoms with Crippen LogP contribution in [0.3, 0.4) is 0 Å². The van der Waals surface area contributed by atoms with E-state index in [1.165, 1.54) is 4.57 Å². The van der Waals surface area contributed by atoms with E-state index in [-0.39, 0.29) is 51.7 Å². The standard InChI is InChI=1S/C39H24N4O/c1-3-12-25(13-4-1)27-22-23-29-28-16-7-9-20-33(28)43(34(29)24-27)39-41-37(26-14-5-2-6-15-26)40-38(42-39)32-19-11-18-31-30-17-8-10-21-35(30)44-36(31)32/h1-24H/i1D,3D,4D,7D,9D,12D,13D,16D,20D. The fourth-order valence-electron chi connectivity index (χ4n) is 5.70. The Bertz CT molecular complexity index is 2990. The third-order valence-electron chi connectivity index (χ3n) is 7.69. The van der Waals surface area contributed by atoms with Gasteiger partial charge in [-0.3, -0.25) is 4.57 Å². The lowest BCUT2D eigenvalue weighted by atomic mass is 10.0. The average molecular weight is 574 g/mol. The van der Waals surface area contributed by atoms with Gasteiger partial charge in [-0.05, 0) is 35.4 Å². The zero-order valence-corrected chi connectivity index (χ0v) is 22.9. The second-order valence-corrected chi connectivity index (χ2v) is 10.2. The second-order valence-electron chi connectivity index (χ2n) is 10.2. The van der Waals surface area contributed by atoms with Crippen LogP contribution in [-0.4, -0.2) is 19.5 Å². The largest absolute Gasteiger partial charge is 0.455 e. The third kappa shape index (κ3) is 3.83. The molecule has 0 spiro atoms. The highest BCUT2D eigenvalue weighted by atomic mass is 16.3. The van der Waals surface area contributed by atoms with Crippen LogP contribution < -0.4 is 0 Å². The van der Waals surface area contributed by atoms with Gasteiger partial charge in [-0.15, -0.1) is 0 Å². The van der Waals surface area contributed by atoms with E-state index in [4.69, 9.17) is 31.7 Å². The summed E-state index contributed by atoms with van der Waals surface area (Å²) in [7, 11) is 0. The van der Waals surface area contributed by atoms with Crippen LogP contribution in [-0.2, 0) is 0 Å². The molecule has 9 rings (SSSR count). The van der Waals surface area contributed by atoms with Gasteiger partial charge in [0.15, 0.2) is 11.6 Å². The van der Waals surface area contributed by atoms with Crippen molar-refractivity contribution in [3.63, 3.8) is 0 Å². The Balaban J connectivity index is 1.42. The average Bonchev–Trinajstić information content (AvgIpc) is 3.74. The molecule has 6 aromatic carbocycles. The van der Waals surface area contributed by atoms with Crippen molar-refractivity contribution in [2.45, 2.75) is 0 Å². The zero-order valence-electron chi connectivity index (χ0n) is 31.9. The summed E-state index contributed by atoms with van der Waals surface area (Å²) in [5.41, 5.74) is 3.14. The van der Waals surface area contributed by atoms with Crippen LogP contribution in [0, 0.1) is 0 Å². The number of furan rings is 1. The van der Waals surface area contributed by atoms with Gasteiger partial charge >= 0.3 is 0 Å². The summed E-state index contributed by atoms with van der Waals surface area (Å²) < 4.78 is 85.0. The van der Waals surface area contributed by atoms with Crippen LogP contribution in [0.25, 0.3) is 83.6 Å². The quantitative estimate of drug-likeness (QED) is 0.210. The fraction of sp³-hybridized carbons (Fsp3) is 0. The summed E-state index contributed by atoms with van der Waals surface area (Å²) in [5, 5.41) is 2.41. The summed E-state index contributed by atoms with van der Waals surface area (Å²) in [6.07, 6.45) is 0. The molecule has 0 aliphatic carbocycles. The molecule has 0 saturated heterocycles. The zero-order chi connectivity index (χ0) is 36.9. The van der Waals surface area contributed by atoms with Gasteiger partial charge in [-0.2, -0.15) is 9.97 Å². The Hall–Kier alpha value is -6.07. The Labute approximate surface area is 265 Å². The highest BCUT2D eigenvalue weighted by Gasteiger charge is 2.20. The Kier molecular flexibility index (Phi) is 3.80. The van der Waals surface area contributed by atoms with E-state index < -0.39 is 42.3 Å². The minimum Gasteiger partial charge on any atom is -0.455 e. The topological polar surface area (TPSA) is 56.7 Å². The summed E-state index contributed by atoms with van der Waals surface area (Å²) in [5.74, 6) is 0.567. The third-order valence-corrected chi connectivity index (χ3v) is 7.69. The summed E-state index contributed by atoms with van der Waals surface area (Å²) in [6, 6.07) is 23.6. The number of aromatic nitrogens is 4. The molecule has 206 valence electrons. The van der Waals surface area contributed by atoms with E-state index in [1.54, 1.807) is 18.2 Å². The molecule has 0 unspecified atom stereocenters. The maximum atomic E-state index is 9.09. The van der Waals surface area contributed by atoms with Gasteiger partial charge in [0.25, 0.3) is 0 Å². The van der Waals surface area contributed by atoms with Gasteiger partial charge in [0.05, 0.1) is 28.9 Å². The minimum atomic E-state index is -0.520. The Morgan fingerprint density at radius 1 is 0.523 bits per heavy atom. The first kappa shape index (κ1) is 17.1. The normalized spacial score (nSPS) is 14.5. The maximum Gasteiger partial charge on any atom is 0.238 e. The summed E-state index contributed by atoms with van der Waals surface area (Å²) >= 11 is 0. The molecule has 0 saturated carbocycles. The van der Waals surface area contributed by atoms with E-state index >= 15 is 0 Å². The number of fused-ring (bicyclic) bond motifs is 6. The SMILES string of the molecule is [2H]c1c([2H])c([2H])c(-c2ccc3c4c([2H])c([2H])c([2H])c([2H])c4n(-c4nc(-c5ccccc5)nc(-c5cccc6c5oc5ccccc56)n4)c3c2)c([2H])c1[2H]. The molecule has 9 aromatic rings. The number of rotatable bonds is 4. The van der Waals surface area contributed by atoms with Crippen LogP contribution in [0.15, 0.2) is 150 Å². The molecular weight excluding hydrogens is 540 g/mol. The van der Waals surface area contributed by atoms with Crippen molar-refractivity contribution in [1.82, 2.24) is 19.5 Å². The van der Waals surface area contributed by atoms with Crippen LogP contribution in [0.2, 0.25) is 0 Å². The van der Waals surface area contributed by atoms with Crippen LogP contribution >= 0.6 is 0 Å². The molecule has 0 N–H and O–H groups in total. The van der Waals surface area contributed by atoms with Gasteiger partial charge in [-0.1, -0.05) is 121 Å². The van der Waals surface area contributed by atoms with Crippen molar-refractivity contribution < 1.29 is 16.8 Å². The lowest BCUT2D eigenvalue weighted by Crippen LogP contribution is -2.06. The smallest absolute Gasteiger partial charge is 0.238 e. The van der Waals surface area contributed by atoms with Crippen LogP contribution in [0.5, 0.6) is 0 Å². The first-order chi connectivity index (χ1) is 25.5. The summed E-state index contributed by atoms with van der Waals surface area (Å²) in [4.78, 5) is 14.8. The number of hydrogen-bond acceptors (Lipinski definition) is 4. The molecule has 3 heterocycles. The van der Waals surface area contributed by atoms with Gasteiger partial charge in [-0.25, -0.2) is 4.98 Å². The molecule has 0 aliphatic heterocycles. The lowest BCUT2D eigenvalue weighted by molar-refractivity contribution is 0.669. The minimum absolute atomic E-state index is 0.0326. The van der Waals surface area contributed by atoms with Crippen molar-refractivity contribution in [2.24, 2.45) is 0 Å². The number of nitrogens with zero attached hydrogens (tertiary/aromatic N) is 4. The van der Waals surface area contributed by atoms with E-state index in [2.05, 4.69) is 0 Å². The van der Waals surface area contributed by atoms with E-state index in [0.717, 1.165) is 10.8 Å². The molecule has 0 amide bonds. The second kappa shape index (κ2) is 9.75. The van der Waals surface area contributed by atoms with Crippen molar-refractivity contribution in [3.05, 3.63) is 145 Å². The van der Waals surface area contributed by atoms with Crippen molar-refractivity contribution in [1.29, 1.82) is 0 Å². The molecule has 0 atom stereocenters. The molecule has 5 heteroatoms. The number of hydrogen-bond donors (Lipinski definition) is 0. The Morgan fingerprint density at radius 2 is 1.30 bits per heavy atom. The van der Waals surface area contributed by atoms with Gasteiger partial charge in [0.2, 0.25) is 5.95 Å². The summed E-state index contributed by atoms with van der Waals surface area (Å²) in [6.45, 7) is 0. The first-order valence-electron chi connectivity index (χ1n) is 18.4. The van der Waals surface area contributed by atoms with Crippen LogP contribution in [0.1, 0.15) is 12.3 Å². The molecule has 0 fully saturated rings. The van der Waals surface area contributed by atoms with Crippen LogP contribution in [0.4, 0.5) is 0 Å². The number of benzene rings is 6. The molecule has 0 bridgehead atoms. The molecule has 0 aliphatic rings. The fourth-order valence-corrected chi connectivity index (χ4v) is 5.70. The van der Waals surface area contributed by atoms with Crippen molar-refractivity contribution in [2.75, 3.05) is 0 Å². The van der Waals surface area contributed by atoms with Crippen molar-refractivity contribution in [3.8, 4) is 39.9 Å². The highest BCUT2D eigenvalue weighted by molar-refractivity contribution is 6.11.